The topological polar surface area (TPSA) is 134 Å². The molecule has 0 saturated carbocycles. The Bertz CT molecular complexity index is 1650. The summed E-state index contributed by atoms with van der Waals surface area (Å²) in [7, 11) is -4.36. The summed E-state index contributed by atoms with van der Waals surface area (Å²) in [6.07, 6.45) is 0. The number of aromatic nitrogens is 2. The molecule has 11 heteroatoms. The molecular weight excluding hydrogens is 523 g/mol. The summed E-state index contributed by atoms with van der Waals surface area (Å²) in [6.45, 7) is 7.75. The van der Waals surface area contributed by atoms with E-state index in [2.05, 4.69) is 9.97 Å². The van der Waals surface area contributed by atoms with Gasteiger partial charge in [0.05, 0.1) is 12.3 Å². The molecule has 4 aromatic rings. The number of rotatable bonds is 8. The lowest BCUT2D eigenvalue weighted by atomic mass is 10.1. The molecular formula is C28H27FN4O5S. The van der Waals surface area contributed by atoms with Crippen LogP contribution in [0.5, 0.6) is 17.4 Å². The van der Waals surface area contributed by atoms with Crippen LogP contribution < -0.4 is 19.9 Å². The van der Waals surface area contributed by atoms with E-state index in [0.717, 1.165) is 16.7 Å². The first-order valence-electron chi connectivity index (χ1n) is 12.0. The van der Waals surface area contributed by atoms with Crippen LogP contribution in [0.15, 0.2) is 65.7 Å². The second-order valence-corrected chi connectivity index (χ2v) is 10.5. The number of nitrogens with one attached hydrogen (secondary N) is 1. The maximum absolute atomic E-state index is 14.3. The number of ether oxygens (including phenoxy) is 2. The number of benzene rings is 2. The number of nitrogens with two attached hydrogens (primary N) is 1. The van der Waals surface area contributed by atoms with Crippen molar-refractivity contribution in [3.05, 3.63) is 88.7 Å². The summed E-state index contributed by atoms with van der Waals surface area (Å²) in [5.74, 6) is -0.957. The van der Waals surface area contributed by atoms with Crippen LogP contribution >= 0.6 is 0 Å². The van der Waals surface area contributed by atoms with Crippen molar-refractivity contribution in [3.63, 3.8) is 0 Å². The van der Waals surface area contributed by atoms with Crippen molar-refractivity contribution in [3.8, 4) is 28.6 Å². The van der Waals surface area contributed by atoms with Crippen molar-refractivity contribution in [1.29, 1.82) is 0 Å². The first-order chi connectivity index (χ1) is 18.5. The highest BCUT2D eigenvalue weighted by atomic mass is 32.2. The van der Waals surface area contributed by atoms with E-state index in [0.29, 0.717) is 23.7 Å². The van der Waals surface area contributed by atoms with E-state index < -0.39 is 26.8 Å². The average molecular weight is 551 g/mol. The van der Waals surface area contributed by atoms with Gasteiger partial charge in [-0.1, -0.05) is 23.8 Å². The van der Waals surface area contributed by atoms with Gasteiger partial charge in [0.2, 0.25) is 5.88 Å². The highest BCUT2D eigenvalue weighted by molar-refractivity contribution is 7.90. The van der Waals surface area contributed by atoms with Crippen LogP contribution in [-0.4, -0.2) is 30.9 Å². The molecule has 39 heavy (non-hydrogen) atoms. The Morgan fingerprint density at radius 3 is 2.38 bits per heavy atom. The Kier molecular flexibility index (Phi) is 7.82. The van der Waals surface area contributed by atoms with Crippen LogP contribution in [0.25, 0.3) is 11.3 Å². The Morgan fingerprint density at radius 2 is 1.72 bits per heavy atom. The lowest BCUT2D eigenvalue weighted by Crippen LogP contribution is -2.31. The molecule has 3 N–H and O–H groups in total. The van der Waals surface area contributed by atoms with Gasteiger partial charge in [-0.05, 0) is 75.2 Å². The average Bonchev–Trinajstić information content (AvgIpc) is 2.85. The maximum atomic E-state index is 14.3. The molecule has 0 aliphatic rings. The van der Waals surface area contributed by atoms with Crippen molar-refractivity contribution in [2.75, 3.05) is 12.3 Å². The number of nitrogen functional groups attached to an aromatic ring is 1. The van der Waals surface area contributed by atoms with E-state index in [1.165, 1.54) is 42.5 Å². The Morgan fingerprint density at radius 1 is 1.00 bits per heavy atom. The number of halogens is 1. The Hall–Kier alpha value is -4.51. The van der Waals surface area contributed by atoms with Gasteiger partial charge in [0.25, 0.3) is 15.9 Å². The summed E-state index contributed by atoms with van der Waals surface area (Å²) in [5, 5.41) is -0.420. The molecule has 1 amide bonds. The fourth-order valence-corrected chi connectivity index (χ4v) is 4.99. The number of carbonyl (C=O) groups is 1. The second kappa shape index (κ2) is 11.1. The highest BCUT2D eigenvalue weighted by Crippen LogP contribution is 2.33. The number of hydrogen-bond acceptors (Lipinski definition) is 8. The lowest BCUT2D eigenvalue weighted by Gasteiger charge is -2.16. The molecule has 0 radical (unpaired) electrons. The fourth-order valence-electron chi connectivity index (χ4n) is 4.05. The molecule has 2 aromatic heterocycles. The van der Waals surface area contributed by atoms with Crippen LogP contribution in [0.4, 0.5) is 10.2 Å². The van der Waals surface area contributed by atoms with E-state index in [1.807, 2.05) is 37.6 Å². The van der Waals surface area contributed by atoms with Crippen molar-refractivity contribution in [2.24, 2.45) is 0 Å². The van der Waals surface area contributed by atoms with Gasteiger partial charge < -0.3 is 15.2 Å². The van der Waals surface area contributed by atoms with E-state index in [1.54, 1.807) is 13.0 Å². The maximum Gasteiger partial charge on any atom is 0.281 e. The van der Waals surface area contributed by atoms with Gasteiger partial charge in [0, 0.05) is 11.6 Å². The molecule has 0 spiro atoms. The normalized spacial score (nSPS) is 11.2. The van der Waals surface area contributed by atoms with E-state index in [9.17, 15) is 17.6 Å². The smallest absolute Gasteiger partial charge is 0.281 e. The van der Waals surface area contributed by atoms with Gasteiger partial charge in [0.15, 0.2) is 5.03 Å². The highest BCUT2D eigenvalue weighted by Gasteiger charge is 2.25. The molecule has 9 nitrogen and oxygen atoms in total. The lowest BCUT2D eigenvalue weighted by molar-refractivity contribution is 0.0978. The molecule has 0 aliphatic heterocycles. The third-order valence-electron chi connectivity index (χ3n) is 5.63. The van der Waals surface area contributed by atoms with E-state index in [4.69, 9.17) is 15.2 Å². The first kappa shape index (κ1) is 27.5. The second-order valence-electron chi connectivity index (χ2n) is 8.82. The van der Waals surface area contributed by atoms with Gasteiger partial charge in [0.1, 0.15) is 28.7 Å². The zero-order valence-corrected chi connectivity index (χ0v) is 22.6. The van der Waals surface area contributed by atoms with Gasteiger partial charge in [-0.2, -0.15) is 8.42 Å². The van der Waals surface area contributed by atoms with Crippen molar-refractivity contribution in [2.45, 2.75) is 32.7 Å². The number of nitrogens with zero attached hydrogens (tertiary/aromatic N) is 2. The van der Waals surface area contributed by atoms with E-state index in [-0.39, 0.29) is 23.0 Å². The van der Waals surface area contributed by atoms with Crippen molar-refractivity contribution >= 4 is 21.7 Å². The van der Waals surface area contributed by atoms with Crippen molar-refractivity contribution in [1.82, 2.24) is 14.7 Å². The molecule has 0 fully saturated rings. The predicted octanol–water partition coefficient (Wildman–Crippen LogP) is 5.10. The number of sulfonamides is 1. The van der Waals surface area contributed by atoms with Crippen LogP contribution in [0.2, 0.25) is 0 Å². The predicted molar refractivity (Wildman–Crippen MR) is 145 cm³/mol. The Labute approximate surface area is 225 Å². The van der Waals surface area contributed by atoms with E-state index >= 15 is 0 Å². The monoisotopic (exact) mass is 550 g/mol. The summed E-state index contributed by atoms with van der Waals surface area (Å²) >= 11 is 0. The van der Waals surface area contributed by atoms with Crippen LogP contribution in [0, 0.1) is 26.6 Å². The molecule has 0 unspecified atom stereocenters. The van der Waals surface area contributed by atoms with Gasteiger partial charge >= 0.3 is 0 Å². The molecule has 4 rings (SSSR count). The quantitative estimate of drug-likeness (QED) is 0.310. The number of pyridine rings is 2. The van der Waals surface area contributed by atoms with Crippen LogP contribution in [0.3, 0.4) is 0 Å². The SMILES string of the molecule is CCOc1cc(F)cc(-c2ccc(C(=O)NS(=O)(=O)c3cccc(N)n3)c(Oc3c(C)cc(C)cc3C)n2)c1. The zero-order valence-electron chi connectivity index (χ0n) is 21.8. The van der Waals surface area contributed by atoms with Gasteiger partial charge in [-0.3, -0.25) is 4.79 Å². The number of hydrogen-bond donors (Lipinski definition) is 2. The molecule has 0 bridgehead atoms. The molecule has 202 valence electrons. The summed E-state index contributed by atoms with van der Waals surface area (Å²) in [5.41, 5.74) is 8.69. The summed E-state index contributed by atoms with van der Waals surface area (Å²) < 4.78 is 53.6. The molecule has 2 heterocycles. The number of amides is 1. The largest absolute Gasteiger partial charge is 0.494 e. The number of anilines is 1. The minimum atomic E-state index is -4.36. The van der Waals surface area contributed by atoms with Crippen LogP contribution in [0.1, 0.15) is 34.0 Å². The van der Waals surface area contributed by atoms with Gasteiger partial charge in [-0.15, -0.1) is 0 Å². The number of aryl methyl sites for hydroxylation is 3. The first-order valence-corrected chi connectivity index (χ1v) is 13.5. The minimum Gasteiger partial charge on any atom is -0.494 e. The Balaban J connectivity index is 1.80. The standard InChI is InChI=1S/C28H27FN4O5S/c1-5-37-21-14-19(13-20(29)15-21)23-10-9-22(27(34)33-39(35,36)25-8-6-7-24(30)32-25)28(31-23)38-26-17(3)11-16(2)12-18(26)4/h6-15H,5H2,1-4H3,(H2,30,32)(H,33,34). The third-order valence-corrected chi connectivity index (χ3v) is 6.87. The van der Waals surface area contributed by atoms with Crippen LogP contribution in [-0.2, 0) is 10.0 Å². The summed E-state index contributed by atoms with van der Waals surface area (Å²) in [4.78, 5) is 21.5. The summed E-state index contributed by atoms with van der Waals surface area (Å²) in [6, 6.07) is 14.8. The molecule has 0 aliphatic carbocycles. The minimum absolute atomic E-state index is 0.0211. The zero-order chi connectivity index (χ0) is 28.3. The third kappa shape index (κ3) is 6.32. The van der Waals surface area contributed by atoms with Gasteiger partial charge in [-0.25, -0.2) is 19.1 Å². The number of carbonyl (C=O) groups excluding carboxylic acids is 1. The molecule has 0 atom stereocenters. The molecule has 2 aromatic carbocycles. The van der Waals surface area contributed by atoms with Crippen molar-refractivity contribution < 1.29 is 27.1 Å². The molecule has 0 saturated heterocycles. The fraction of sp³-hybridized carbons (Fsp3) is 0.179.